The van der Waals surface area contributed by atoms with E-state index in [0.717, 1.165) is 23.4 Å². The molecule has 2 heterocycles. The Hall–Kier alpha value is -1.97. The molecule has 0 unspecified atom stereocenters. The van der Waals surface area contributed by atoms with Gasteiger partial charge in [-0.3, -0.25) is 9.78 Å². The highest BCUT2D eigenvalue weighted by Gasteiger charge is 2.06. The first-order chi connectivity index (χ1) is 8.54. The van der Waals surface area contributed by atoms with Gasteiger partial charge in [-0.25, -0.2) is 4.98 Å². The van der Waals surface area contributed by atoms with Crippen LogP contribution < -0.4 is 5.56 Å². The van der Waals surface area contributed by atoms with Crippen molar-refractivity contribution in [3.05, 3.63) is 46.1 Å². The molecule has 0 radical (unpaired) electrons. The standard InChI is InChI=1S/C14H17N3O/c1-9(2)6-12-7-13(18)17-14(16-12)11-5-4-10(3)15-8-11/h4-5,7-9H,6H2,1-3H3,(H,16,17,18). The Morgan fingerprint density at radius 3 is 2.72 bits per heavy atom. The zero-order valence-electron chi connectivity index (χ0n) is 10.9. The number of aryl methyl sites for hydroxylation is 1. The van der Waals surface area contributed by atoms with Crippen LogP contribution in [0.25, 0.3) is 11.4 Å². The summed E-state index contributed by atoms with van der Waals surface area (Å²) in [5, 5.41) is 0. The number of H-pyrrole nitrogens is 1. The molecule has 0 amide bonds. The number of aromatic amines is 1. The van der Waals surface area contributed by atoms with Gasteiger partial charge in [-0.2, -0.15) is 0 Å². The van der Waals surface area contributed by atoms with Gasteiger partial charge in [-0.05, 0) is 31.4 Å². The van der Waals surface area contributed by atoms with E-state index in [9.17, 15) is 4.79 Å². The first-order valence-electron chi connectivity index (χ1n) is 6.08. The van der Waals surface area contributed by atoms with Crippen LogP contribution in [0.1, 0.15) is 25.2 Å². The number of pyridine rings is 1. The summed E-state index contributed by atoms with van der Waals surface area (Å²) < 4.78 is 0. The second-order valence-electron chi connectivity index (χ2n) is 4.87. The number of hydrogen-bond acceptors (Lipinski definition) is 3. The third kappa shape index (κ3) is 3.03. The number of aromatic nitrogens is 3. The molecule has 0 atom stereocenters. The molecule has 0 saturated carbocycles. The molecule has 94 valence electrons. The lowest BCUT2D eigenvalue weighted by Crippen LogP contribution is -2.11. The maximum absolute atomic E-state index is 11.6. The van der Waals surface area contributed by atoms with Gasteiger partial charge in [-0.15, -0.1) is 0 Å². The van der Waals surface area contributed by atoms with Gasteiger partial charge in [0.05, 0.1) is 0 Å². The minimum absolute atomic E-state index is 0.115. The molecule has 1 N–H and O–H groups in total. The van der Waals surface area contributed by atoms with Gasteiger partial charge in [0, 0.05) is 29.2 Å². The van der Waals surface area contributed by atoms with E-state index in [1.54, 1.807) is 12.3 Å². The van der Waals surface area contributed by atoms with Crippen molar-refractivity contribution in [1.29, 1.82) is 0 Å². The molecular weight excluding hydrogens is 226 g/mol. The lowest BCUT2D eigenvalue weighted by molar-refractivity contribution is 0.634. The predicted molar refractivity (Wildman–Crippen MR) is 71.4 cm³/mol. The summed E-state index contributed by atoms with van der Waals surface area (Å²) in [6.07, 6.45) is 2.53. The van der Waals surface area contributed by atoms with Gasteiger partial charge < -0.3 is 4.98 Å². The van der Waals surface area contributed by atoms with E-state index < -0.39 is 0 Å². The molecule has 4 heteroatoms. The van der Waals surface area contributed by atoms with E-state index in [4.69, 9.17) is 0 Å². The Balaban J connectivity index is 2.41. The van der Waals surface area contributed by atoms with E-state index >= 15 is 0 Å². The zero-order valence-corrected chi connectivity index (χ0v) is 10.9. The van der Waals surface area contributed by atoms with Crippen LogP contribution in [0.5, 0.6) is 0 Å². The zero-order chi connectivity index (χ0) is 13.1. The summed E-state index contributed by atoms with van der Waals surface area (Å²) >= 11 is 0. The molecule has 2 aromatic heterocycles. The van der Waals surface area contributed by atoms with Crippen molar-refractivity contribution in [1.82, 2.24) is 15.0 Å². The summed E-state index contributed by atoms with van der Waals surface area (Å²) in [7, 11) is 0. The van der Waals surface area contributed by atoms with Crippen molar-refractivity contribution in [3.8, 4) is 11.4 Å². The molecule has 0 saturated heterocycles. The fourth-order valence-electron chi connectivity index (χ4n) is 1.78. The number of hydrogen-bond donors (Lipinski definition) is 1. The van der Waals surface area contributed by atoms with Crippen molar-refractivity contribution in [3.63, 3.8) is 0 Å². The third-order valence-electron chi connectivity index (χ3n) is 2.60. The van der Waals surface area contributed by atoms with Gasteiger partial charge in [0.1, 0.15) is 5.82 Å². The maximum Gasteiger partial charge on any atom is 0.251 e. The van der Waals surface area contributed by atoms with Crippen molar-refractivity contribution in [2.24, 2.45) is 5.92 Å². The molecular formula is C14H17N3O. The first-order valence-corrected chi connectivity index (χ1v) is 6.08. The Labute approximate surface area is 106 Å². The molecule has 0 fully saturated rings. The monoisotopic (exact) mass is 243 g/mol. The third-order valence-corrected chi connectivity index (χ3v) is 2.60. The summed E-state index contributed by atoms with van der Waals surface area (Å²) in [6.45, 7) is 6.14. The highest BCUT2D eigenvalue weighted by Crippen LogP contribution is 2.13. The molecule has 0 aliphatic heterocycles. The van der Waals surface area contributed by atoms with E-state index in [1.165, 1.54) is 0 Å². The molecule has 2 rings (SSSR count). The molecule has 0 bridgehead atoms. The summed E-state index contributed by atoms with van der Waals surface area (Å²) in [4.78, 5) is 23.1. The maximum atomic E-state index is 11.6. The smallest absolute Gasteiger partial charge is 0.251 e. The van der Waals surface area contributed by atoms with Crippen LogP contribution >= 0.6 is 0 Å². The van der Waals surface area contributed by atoms with Crippen LogP contribution in [-0.4, -0.2) is 15.0 Å². The van der Waals surface area contributed by atoms with Crippen molar-refractivity contribution < 1.29 is 0 Å². The highest BCUT2D eigenvalue weighted by molar-refractivity contribution is 5.53. The van der Waals surface area contributed by atoms with Crippen LogP contribution in [0.2, 0.25) is 0 Å². The molecule has 2 aromatic rings. The molecule has 0 spiro atoms. The van der Waals surface area contributed by atoms with Gasteiger partial charge in [0.15, 0.2) is 0 Å². The minimum Gasteiger partial charge on any atom is -0.306 e. The van der Waals surface area contributed by atoms with Gasteiger partial charge in [0.2, 0.25) is 0 Å². The molecule has 0 aliphatic rings. The van der Waals surface area contributed by atoms with E-state index in [-0.39, 0.29) is 5.56 Å². The lowest BCUT2D eigenvalue weighted by atomic mass is 10.1. The van der Waals surface area contributed by atoms with Crippen LogP contribution in [0, 0.1) is 12.8 Å². The molecule has 18 heavy (non-hydrogen) atoms. The van der Waals surface area contributed by atoms with Crippen LogP contribution in [-0.2, 0) is 6.42 Å². The second-order valence-corrected chi connectivity index (χ2v) is 4.87. The largest absolute Gasteiger partial charge is 0.306 e. The SMILES string of the molecule is Cc1ccc(-c2nc(CC(C)C)cc(=O)[nH]2)cn1. The van der Waals surface area contributed by atoms with E-state index in [0.29, 0.717) is 11.7 Å². The highest BCUT2D eigenvalue weighted by atomic mass is 16.1. The first kappa shape index (κ1) is 12.5. The molecule has 0 aromatic carbocycles. The topological polar surface area (TPSA) is 58.6 Å². The van der Waals surface area contributed by atoms with Gasteiger partial charge in [0.25, 0.3) is 5.56 Å². The van der Waals surface area contributed by atoms with E-state index in [1.807, 2.05) is 19.1 Å². The fraction of sp³-hybridized carbons (Fsp3) is 0.357. The summed E-state index contributed by atoms with van der Waals surface area (Å²) in [5.41, 5.74) is 2.49. The Bertz CT molecular complexity index is 585. The van der Waals surface area contributed by atoms with E-state index in [2.05, 4.69) is 28.8 Å². The Morgan fingerprint density at radius 2 is 2.11 bits per heavy atom. The lowest BCUT2D eigenvalue weighted by Gasteiger charge is -2.06. The fourth-order valence-corrected chi connectivity index (χ4v) is 1.78. The number of nitrogens with zero attached hydrogens (tertiary/aromatic N) is 2. The average molecular weight is 243 g/mol. The predicted octanol–water partition coefficient (Wildman–Crippen LogP) is 2.34. The van der Waals surface area contributed by atoms with Crippen molar-refractivity contribution in [2.45, 2.75) is 27.2 Å². The quantitative estimate of drug-likeness (QED) is 0.900. The number of nitrogens with one attached hydrogen (secondary N) is 1. The second kappa shape index (κ2) is 5.12. The minimum atomic E-state index is -0.115. The van der Waals surface area contributed by atoms with Gasteiger partial charge >= 0.3 is 0 Å². The normalized spacial score (nSPS) is 10.9. The Kier molecular flexibility index (Phi) is 3.55. The average Bonchev–Trinajstić information content (AvgIpc) is 2.28. The number of rotatable bonds is 3. The van der Waals surface area contributed by atoms with Crippen LogP contribution in [0.4, 0.5) is 0 Å². The summed E-state index contributed by atoms with van der Waals surface area (Å²) in [5.74, 6) is 1.06. The molecule has 0 aliphatic carbocycles. The van der Waals surface area contributed by atoms with Crippen LogP contribution in [0.3, 0.4) is 0 Å². The van der Waals surface area contributed by atoms with Crippen molar-refractivity contribution >= 4 is 0 Å². The van der Waals surface area contributed by atoms with Crippen molar-refractivity contribution in [2.75, 3.05) is 0 Å². The molecule has 4 nitrogen and oxygen atoms in total. The van der Waals surface area contributed by atoms with Gasteiger partial charge in [-0.1, -0.05) is 13.8 Å². The Morgan fingerprint density at radius 1 is 1.33 bits per heavy atom. The summed E-state index contributed by atoms with van der Waals surface area (Å²) in [6, 6.07) is 5.38. The van der Waals surface area contributed by atoms with Crippen LogP contribution in [0.15, 0.2) is 29.2 Å².